The van der Waals surface area contributed by atoms with Gasteiger partial charge in [-0.2, -0.15) is 0 Å². The number of rotatable bonds is 4. The van der Waals surface area contributed by atoms with Crippen LogP contribution >= 0.6 is 0 Å². The van der Waals surface area contributed by atoms with Crippen LogP contribution < -0.4 is 25.2 Å². The molecule has 1 aliphatic rings. The Morgan fingerprint density at radius 1 is 0.974 bits per heavy atom. The predicted octanol–water partition coefficient (Wildman–Crippen LogP) is 4.47. The fourth-order valence-corrected chi connectivity index (χ4v) is 5.02. The van der Waals surface area contributed by atoms with E-state index in [0.29, 0.717) is 33.7 Å². The molecule has 2 N–H and O–H groups in total. The van der Waals surface area contributed by atoms with E-state index >= 15 is 0 Å². The SMILES string of the molecule is COc1ccc(-c2coc3c4c(cc(O)c3c2=O)OC(=O)C[C@H]4c2cc3ccccc3[nH]c2=O)cc1OC. The molecule has 2 aromatic heterocycles. The predicted molar refractivity (Wildman–Crippen MR) is 139 cm³/mol. The van der Waals surface area contributed by atoms with Crippen molar-refractivity contribution in [2.75, 3.05) is 14.2 Å². The van der Waals surface area contributed by atoms with Crippen LogP contribution in [0.3, 0.4) is 0 Å². The number of carbonyl (C=O) groups excluding carboxylic acids is 1. The lowest BCUT2D eigenvalue weighted by Crippen LogP contribution is -2.26. The van der Waals surface area contributed by atoms with Gasteiger partial charge >= 0.3 is 5.97 Å². The average Bonchev–Trinajstić information content (AvgIpc) is 2.91. The van der Waals surface area contributed by atoms with Crippen LogP contribution in [0.15, 0.2) is 74.9 Å². The zero-order chi connectivity index (χ0) is 26.6. The van der Waals surface area contributed by atoms with E-state index in [-0.39, 0.29) is 34.3 Å². The maximum Gasteiger partial charge on any atom is 0.312 e. The van der Waals surface area contributed by atoms with Crippen LogP contribution in [0.25, 0.3) is 33.0 Å². The summed E-state index contributed by atoms with van der Waals surface area (Å²) in [4.78, 5) is 42.1. The highest BCUT2D eigenvalue weighted by molar-refractivity contribution is 5.94. The molecule has 3 aromatic carbocycles. The number of aromatic hydroxyl groups is 1. The van der Waals surface area contributed by atoms with E-state index in [0.717, 1.165) is 5.39 Å². The molecule has 0 saturated heterocycles. The number of ether oxygens (including phenoxy) is 3. The molecular formula is C29H21NO8. The molecule has 190 valence electrons. The number of hydrogen-bond acceptors (Lipinski definition) is 8. The summed E-state index contributed by atoms with van der Waals surface area (Å²) in [5, 5.41) is 11.5. The summed E-state index contributed by atoms with van der Waals surface area (Å²) in [6, 6.07) is 15.2. The van der Waals surface area contributed by atoms with Gasteiger partial charge in [0.1, 0.15) is 28.7 Å². The van der Waals surface area contributed by atoms with Gasteiger partial charge in [0.25, 0.3) is 5.56 Å². The van der Waals surface area contributed by atoms with Crippen LogP contribution in [0.4, 0.5) is 0 Å². The number of benzene rings is 3. The van der Waals surface area contributed by atoms with E-state index in [4.69, 9.17) is 18.6 Å². The highest BCUT2D eigenvalue weighted by Gasteiger charge is 2.35. The number of methoxy groups -OCH3 is 2. The van der Waals surface area contributed by atoms with Gasteiger partial charge in [0.2, 0.25) is 5.43 Å². The van der Waals surface area contributed by atoms with Gasteiger partial charge in [0.15, 0.2) is 11.5 Å². The molecule has 0 saturated carbocycles. The van der Waals surface area contributed by atoms with Gasteiger partial charge in [0.05, 0.1) is 26.2 Å². The second-order valence-electron chi connectivity index (χ2n) is 8.93. The standard InChI is InChI=1S/C29H21NO8/c1-35-21-8-7-14(10-22(21)36-2)18-13-37-28-25-16(17-9-15-5-3-4-6-19(15)30-29(17)34)11-24(32)38-23(25)12-20(31)26(28)27(18)33/h3-10,12-13,16,31H,11H2,1-2H3,(H,30,34)/t16-/m0/s1. The van der Waals surface area contributed by atoms with Crippen molar-refractivity contribution >= 4 is 27.8 Å². The van der Waals surface area contributed by atoms with Gasteiger partial charge in [0, 0.05) is 28.6 Å². The van der Waals surface area contributed by atoms with Crippen molar-refractivity contribution in [1.82, 2.24) is 4.98 Å². The molecule has 1 atom stereocenters. The van der Waals surface area contributed by atoms with Gasteiger partial charge < -0.3 is 28.7 Å². The van der Waals surface area contributed by atoms with Crippen LogP contribution in [0, 0.1) is 0 Å². The summed E-state index contributed by atoms with van der Waals surface area (Å²) in [7, 11) is 2.99. The monoisotopic (exact) mass is 511 g/mol. The molecule has 1 aliphatic heterocycles. The normalized spacial score (nSPS) is 14.8. The Morgan fingerprint density at radius 2 is 1.76 bits per heavy atom. The van der Waals surface area contributed by atoms with Crippen LogP contribution in [0.5, 0.6) is 23.0 Å². The Balaban J connectivity index is 1.59. The molecule has 0 bridgehead atoms. The molecule has 5 aromatic rings. The average molecular weight is 511 g/mol. The molecule has 3 heterocycles. The minimum absolute atomic E-state index is 0.0332. The Bertz CT molecular complexity index is 1880. The molecule has 0 aliphatic carbocycles. The zero-order valence-electron chi connectivity index (χ0n) is 20.4. The molecule has 0 radical (unpaired) electrons. The van der Waals surface area contributed by atoms with Gasteiger partial charge in [-0.25, -0.2) is 0 Å². The number of aromatic amines is 1. The highest BCUT2D eigenvalue weighted by atomic mass is 16.5. The van der Waals surface area contributed by atoms with Crippen molar-refractivity contribution in [1.29, 1.82) is 0 Å². The van der Waals surface area contributed by atoms with Gasteiger partial charge in [-0.1, -0.05) is 24.3 Å². The molecule has 9 nitrogen and oxygen atoms in total. The maximum atomic E-state index is 13.7. The summed E-state index contributed by atoms with van der Waals surface area (Å²) >= 11 is 0. The summed E-state index contributed by atoms with van der Waals surface area (Å²) < 4.78 is 22.0. The van der Waals surface area contributed by atoms with E-state index < -0.39 is 23.1 Å². The number of hydrogen-bond donors (Lipinski definition) is 2. The van der Waals surface area contributed by atoms with Crippen molar-refractivity contribution < 1.29 is 28.5 Å². The molecule has 0 amide bonds. The first-order valence-corrected chi connectivity index (χ1v) is 11.8. The van der Waals surface area contributed by atoms with Crippen molar-refractivity contribution in [3.63, 3.8) is 0 Å². The van der Waals surface area contributed by atoms with E-state index in [1.807, 2.05) is 18.2 Å². The molecule has 38 heavy (non-hydrogen) atoms. The lowest BCUT2D eigenvalue weighted by molar-refractivity contribution is -0.135. The first kappa shape index (κ1) is 23.4. The topological polar surface area (TPSA) is 128 Å². The van der Waals surface area contributed by atoms with Crippen molar-refractivity contribution in [2.24, 2.45) is 0 Å². The number of phenolic OH excluding ortho intramolecular Hbond substituents is 1. The number of nitrogens with one attached hydrogen (secondary N) is 1. The molecule has 9 heteroatoms. The summed E-state index contributed by atoms with van der Waals surface area (Å²) in [5.41, 5.74) is 1.16. The Labute approximate surface area is 214 Å². The zero-order valence-corrected chi connectivity index (χ0v) is 20.4. The molecule has 6 rings (SSSR count). The van der Waals surface area contributed by atoms with Gasteiger partial charge in [-0.05, 0) is 35.2 Å². The second kappa shape index (κ2) is 8.81. The van der Waals surface area contributed by atoms with Crippen LogP contribution in [-0.4, -0.2) is 30.3 Å². The number of carbonyl (C=O) groups is 1. The van der Waals surface area contributed by atoms with E-state index in [1.165, 1.54) is 26.5 Å². The minimum atomic E-state index is -0.766. The first-order valence-electron chi connectivity index (χ1n) is 11.8. The van der Waals surface area contributed by atoms with Crippen LogP contribution in [0.1, 0.15) is 23.5 Å². The summed E-state index contributed by atoms with van der Waals surface area (Å²) in [6.45, 7) is 0. The lowest BCUT2D eigenvalue weighted by Gasteiger charge is -2.25. The Kier molecular flexibility index (Phi) is 5.41. The number of pyridine rings is 1. The summed E-state index contributed by atoms with van der Waals surface area (Å²) in [5.74, 6) is -0.803. The quantitative estimate of drug-likeness (QED) is 0.267. The van der Waals surface area contributed by atoms with Crippen LogP contribution in [-0.2, 0) is 4.79 Å². The molecule has 0 unspecified atom stereocenters. The maximum absolute atomic E-state index is 13.7. The first-order chi connectivity index (χ1) is 18.4. The smallest absolute Gasteiger partial charge is 0.312 e. The van der Waals surface area contributed by atoms with Crippen molar-refractivity contribution in [3.8, 4) is 34.1 Å². The fraction of sp³-hybridized carbons (Fsp3) is 0.138. The van der Waals surface area contributed by atoms with E-state index in [2.05, 4.69) is 4.98 Å². The van der Waals surface area contributed by atoms with Gasteiger partial charge in [-0.3, -0.25) is 14.4 Å². The molecular weight excluding hydrogens is 490 g/mol. The highest BCUT2D eigenvalue weighted by Crippen LogP contribution is 2.45. The number of H-pyrrole nitrogens is 1. The summed E-state index contributed by atoms with van der Waals surface area (Å²) in [6.07, 6.45) is 1.14. The molecule has 0 spiro atoms. The fourth-order valence-electron chi connectivity index (χ4n) is 5.02. The number of fused-ring (bicyclic) bond motifs is 4. The number of aromatic nitrogens is 1. The lowest BCUT2D eigenvalue weighted by atomic mass is 9.85. The number of esters is 1. The Hall–Kier alpha value is -5.05. The third-order valence-corrected chi connectivity index (χ3v) is 6.82. The number of para-hydroxylation sites is 1. The second-order valence-corrected chi connectivity index (χ2v) is 8.93. The third-order valence-electron chi connectivity index (χ3n) is 6.82. The van der Waals surface area contributed by atoms with E-state index in [9.17, 15) is 19.5 Å². The van der Waals surface area contributed by atoms with E-state index in [1.54, 1.807) is 30.3 Å². The van der Waals surface area contributed by atoms with Crippen LogP contribution in [0.2, 0.25) is 0 Å². The van der Waals surface area contributed by atoms with Crippen molar-refractivity contribution in [3.05, 3.63) is 92.6 Å². The van der Waals surface area contributed by atoms with Gasteiger partial charge in [-0.15, -0.1) is 0 Å². The Morgan fingerprint density at radius 3 is 2.55 bits per heavy atom. The minimum Gasteiger partial charge on any atom is -0.507 e. The van der Waals surface area contributed by atoms with Crippen molar-refractivity contribution in [2.45, 2.75) is 12.3 Å². The third kappa shape index (κ3) is 3.59. The number of phenols is 1. The molecule has 0 fully saturated rings. The largest absolute Gasteiger partial charge is 0.507 e.